The van der Waals surface area contributed by atoms with Crippen LogP contribution in [0.1, 0.15) is 25.8 Å². The summed E-state index contributed by atoms with van der Waals surface area (Å²) in [4.78, 5) is 2.92. The fraction of sp³-hybridized carbons (Fsp3) is 0.625. The average Bonchev–Trinajstić information content (AvgIpc) is 2.48. The summed E-state index contributed by atoms with van der Waals surface area (Å²) in [5.41, 5.74) is 1.12. The van der Waals surface area contributed by atoms with Crippen LogP contribution in [0.2, 0.25) is 0 Å². The Balaban J connectivity index is 1.92. The van der Waals surface area contributed by atoms with Crippen LogP contribution in [-0.2, 0) is 16.3 Å². The van der Waals surface area contributed by atoms with Crippen molar-refractivity contribution in [3.05, 3.63) is 29.8 Å². The Bertz CT molecular complexity index is 549. The summed E-state index contributed by atoms with van der Waals surface area (Å²) in [6.45, 7) is 8.91. The van der Waals surface area contributed by atoms with Crippen molar-refractivity contribution in [2.45, 2.75) is 36.8 Å². The first kappa shape index (κ1) is 16.5. The molecule has 1 aliphatic heterocycles. The maximum atomic E-state index is 12.2. The van der Waals surface area contributed by atoms with Crippen LogP contribution in [0.15, 0.2) is 29.2 Å². The molecule has 0 amide bonds. The molecule has 1 aromatic rings. The van der Waals surface area contributed by atoms with Crippen molar-refractivity contribution in [1.82, 2.24) is 10.2 Å². The third-order valence-electron chi connectivity index (χ3n) is 4.00. The van der Waals surface area contributed by atoms with Gasteiger partial charge in [-0.25, -0.2) is 8.42 Å². The van der Waals surface area contributed by atoms with Crippen LogP contribution in [0.3, 0.4) is 0 Å². The molecule has 0 bridgehead atoms. The van der Waals surface area contributed by atoms with Gasteiger partial charge in [0.2, 0.25) is 0 Å². The molecule has 0 aliphatic carbocycles. The summed E-state index contributed by atoms with van der Waals surface area (Å²) in [5, 5.41) is 2.98. The Labute approximate surface area is 128 Å². The molecule has 21 heavy (non-hydrogen) atoms. The van der Waals surface area contributed by atoms with E-state index in [4.69, 9.17) is 0 Å². The van der Waals surface area contributed by atoms with Crippen molar-refractivity contribution in [1.29, 1.82) is 0 Å². The van der Waals surface area contributed by atoms with E-state index in [1.54, 1.807) is 19.9 Å². The molecule has 2 rings (SSSR count). The zero-order valence-electron chi connectivity index (χ0n) is 13.0. The number of nitrogens with zero attached hydrogens (tertiary/aromatic N) is 1. The lowest BCUT2D eigenvalue weighted by molar-refractivity contribution is 0.238. The maximum Gasteiger partial charge on any atom is 0.180 e. The van der Waals surface area contributed by atoms with Crippen LogP contribution in [0.4, 0.5) is 0 Å². The van der Waals surface area contributed by atoms with Gasteiger partial charge in [0.05, 0.1) is 10.1 Å². The van der Waals surface area contributed by atoms with E-state index >= 15 is 0 Å². The lowest BCUT2D eigenvalue weighted by Gasteiger charge is -2.27. The van der Waals surface area contributed by atoms with E-state index in [0.717, 1.165) is 51.1 Å². The number of sulfone groups is 1. The van der Waals surface area contributed by atoms with Gasteiger partial charge in [0.15, 0.2) is 9.84 Å². The molecule has 5 heteroatoms. The van der Waals surface area contributed by atoms with Gasteiger partial charge in [0, 0.05) is 26.2 Å². The van der Waals surface area contributed by atoms with Crippen LogP contribution < -0.4 is 5.32 Å². The minimum atomic E-state index is -3.16. The van der Waals surface area contributed by atoms with Crippen LogP contribution in [0.5, 0.6) is 0 Å². The standard InChI is InChI=1S/C16H26N2O2S/c1-14(2)21(19,20)16-7-3-5-15(13-16)6-4-10-18-11-8-17-9-12-18/h3,5,7,13-14,17H,4,6,8-12H2,1-2H3. The average molecular weight is 310 g/mol. The number of hydrogen-bond acceptors (Lipinski definition) is 4. The van der Waals surface area contributed by atoms with Gasteiger partial charge in [0.1, 0.15) is 0 Å². The van der Waals surface area contributed by atoms with Gasteiger partial charge in [-0.3, -0.25) is 0 Å². The third-order valence-corrected chi connectivity index (χ3v) is 6.15. The second-order valence-corrected chi connectivity index (χ2v) is 8.44. The van der Waals surface area contributed by atoms with E-state index < -0.39 is 9.84 Å². The number of nitrogens with one attached hydrogen (secondary N) is 1. The zero-order chi connectivity index (χ0) is 15.3. The highest BCUT2D eigenvalue weighted by Crippen LogP contribution is 2.18. The van der Waals surface area contributed by atoms with Gasteiger partial charge in [-0.15, -0.1) is 0 Å². The molecule has 0 saturated carbocycles. The van der Waals surface area contributed by atoms with Crippen molar-refractivity contribution >= 4 is 9.84 Å². The predicted octanol–water partition coefficient (Wildman–Crippen LogP) is 1.71. The predicted molar refractivity (Wildman–Crippen MR) is 86.4 cm³/mol. The second-order valence-electron chi connectivity index (χ2n) is 5.94. The fourth-order valence-electron chi connectivity index (χ4n) is 2.59. The molecule has 0 unspecified atom stereocenters. The van der Waals surface area contributed by atoms with Gasteiger partial charge >= 0.3 is 0 Å². The molecule has 1 saturated heterocycles. The van der Waals surface area contributed by atoms with Crippen LogP contribution in [0.25, 0.3) is 0 Å². The zero-order valence-corrected chi connectivity index (χ0v) is 13.8. The largest absolute Gasteiger partial charge is 0.314 e. The van der Waals surface area contributed by atoms with Gasteiger partial charge in [-0.2, -0.15) is 0 Å². The van der Waals surface area contributed by atoms with E-state index in [1.807, 2.05) is 18.2 Å². The molecule has 0 spiro atoms. The Morgan fingerprint density at radius 2 is 1.95 bits per heavy atom. The minimum Gasteiger partial charge on any atom is -0.314 e. The SMILES string of the molecule is CC(C)S(=O)(=O)c1cccc(CCCN2CCNCC2)c1. The molecule has 1 aromatic carbocycles. The lowest BCUT2D eigenvalue weighted by Crippen LogP contribution is -2.43. The first-order chi connectivity index (χ1) is 10.00. The smallest absolute Gasteiger partial charge is 0.180 e. The van der Waals surface area contributed by atoms with Crippen LogP contribution in [0, 0.1) is 0 Å². The normalized spacial score (nSPS) is 17.3. The summed E-state index contributed by atoms with van der Waals surface area (Å²) in [6, 6.07) is 7.43. The van der Waals surface area contributed by atoms with E-state index in [-0.39, 0.29) is 5.25 Å². The number of rotatable bonds is 6. The quantitative estimate of drug-likeness (QED) is 0.869. The monoisotopic (exact) mass is 310 g/mol. The Morgan fingerprint density at radius 3 is 2.62 bits per heavy atom. The Morgan fingerprint density at radius 1 is 1.24 bits per heavy atom. The molecule has 1 aliphatic rings. The van der Waals surface area contributed by atoms with E-state index in [1.165, 1.54) is 0 Å². The Kier molecular flexibility index (Phi) is 5.79. The highest BCUT2D eigenvalue weighted by Gasteiger charge is 2.19. The van der Waals surface area contributed by atoms with Crippen molar-refractivity contribution in [2.24, 2.45) is 0 Å². The number of hydrogen-bond donors (Lipinski definition) is 1. The molecule has 0 radical (unpaired) electrons. The van der Waals surface area contributed by atoms with Crippen molar-refractivity contribution in [3.63, 3.8) is 0 Å². The summed E-state index contributed by atoms with van der Waals surface area (Å²) in [6.07, 6.45) is 2.01. The molecule has 4 nitrogen and oxygen atoms in total. The number of aryl methyl sites for hydroxylation is 1. The Hall–Kier alpha value is -0.910. The number of piperazine rings is 1. The molecule has 118 valence electrons. The van der Waals surface area contributed by atoms with E-state index in [9.17, 15) is 8.42 Å². The van der Waals surface area contributed by atoms with Gasteiger partial charge < -0.3 is 10.2 Å². The van der Waals surface area contributed by atoms with Crippen molar-refractivity contribution in [2.75, 3.05) is 32.7 Å². The maximum absolute atomic E-state index is 12.2. The highest BCUT2D eigenvalue weighted by molar-refractivity contribution is 7.92. The molecular weight excluding hydrogens is 284 g/mol. The van der Waals surface area contributed by atoms with Crippen LogP contribution in [-0.4, -0.2) is 51.3 Å². The van der Waals surface area contributed by atoms with Gasteiger partial charge in [-0.1, -0.05) is 12.1 Å². The summed E-state index contributed by atoms with van der Waals surface area (Å²) in [7, 11) is -3.16. The molecular formula is C16H26N2O2S. The van der Waals surface area contributed by atoms with E-state index in [0.29, 0.717) is 4.90 Å². The molecule has 0 atom stereocenters. The third kappa shape index (κ3) is 4.53. The lowest BCUT2D eigenvalue weighted by atomic mass is 10.1. The summed E-state index contributed by atoms with van der Waals surface area (Å²) >= 11 is 0. The van der Waals surface area contributed by atoms with Crippen molar-refractivity contribution in [3.8, 4) is 0 Å². The molecule has 1 fully saturated rings. The van der Waals surface area contributed by atoms with Crippen molar-refractivity contribution < 1.29 is 8.42 Å². The number of benzene rings is 1. The van der Waals surface area contributed by atoms with E-state index in [2.05, 4.69) is 10.2 Å². The van der Waals surface area contributed by atoms with Gasteiger partial charge in [0.25, 0.3) is 0 Å². The highest BCUT2D eigenvalue weighted by atomic mass is 32.2. The topological polar surface area (TPSA) is 49.4 Å². The minimum absolute atomic E-state index is 0.367. The molecule has 1 heterocycles. The van der Waals surface area contributed by atoms with Gasteiger partial charge in [-0.05, 0) is 50.9 Å². The first-order valence-electron chi connectivity index (χ1n) is 7.76. The fourth-order valence-corrected chi connectivity index (χ4v) is 3.72. The first-order valence-corrected chi connectivity index (χ1v) is 9.30. The summed E-state index contributed by atoms with van der Waals surface area (Å²) in [5.74, 6) is 0. The van der Waals surface area contributed by atoms with Crippen LogP contribution >= 0.6 is 0 Å². The molecule has 1 N–H and O–H groups in total. The molecule has 0 aromatic heterocycles. The summed E-state index contributed by atoms with van der Waals surface area (Å²) < 4.78 is 24.4. The second kappa shape index (κ2) is 7.38.